The summed E-state index contributed by atoms with van der Waals surface area (Å²) in [6.07, 6.45) is 3.42. The van der Waals surface area contributed by atoms with Gasteiger partial charge in [-0.3, -0.25) is 0 Å². The first kappa shape index (κ1) is 15.9. The second-order valence-electron chi connectivity index (χ2n) is 8.01. The Labute approximate surface area is 163 Å². The summed E-state index contributed by atoms with van der Waals surface area (Å²) in [7, 11) is 0. The smallest absolute Gasteiger partial charge is 0.231 e. The van der Waals surface area contributed by atoms with Gasteiger partial charge in [0, 0.05) is 10.9 Å². The standard InChI is InChI=1S/C25H21NO2/c1-15-6-9-19-20(12-15)25(17-8-11-22-23(13-17)28-14-27-22)26-21-10-7-16-4-2-3-5-18(16)24(19)21/h2-5,7-8,10-11,13,15H,6,9,12,14H2,1H3/t15-/m0/s1. The van der Waals surface area contributed by atoms with E-state index in [0.29, 0.717) is 12.7 Å². The maximum atomic E-state index is 5.62. The maximum absolute atomic E-state index is 5.62. The molecule has 0 saturated heterocycles. The molecule has 3 aromatic carbocycles. The average molecular weight is 367 g/mol. The van der Waals surface area contributed by atoms with Crippen LogP contribution in [0.15, 0.2) is 54.6 Å². The average Bonchev–Trinajstić information content (AvgIpc) is 3.20. The van der Waals surface area contributed by atoms with E-state index in [1.807, 2.05) is 6.07 Å². The van der Waals surface area contributed by atoms with Crippen LogP contribution in [0.5, 0.6) is 11.5 Å². The van der Waals surface area contributed by atoms with Crippen LogP contribution >= 0.6 is 0 Å². The van der Waals surface area contributed by atoms with Crippen LogP contribution in [0.3, 0.4) is 0 Å². The monoisotopic (exact) mass is 367 g/mol. The third-order valence-electron chi connectivity index (χ3n) is 6.18. The van der Waals surface area contributed by atoms with Gasteiger partial charge in [-0.05, 0) is 71.3 Å². The van der Waals surface area contributed by atoms with Gasteiger partial charge >= 0.3 is 0 Å². The van der Waals surface area contributed by atoms with E-state index < -0.39 is 0 Å². The van der Waals surface area contributed by atoms with Crippen LogP contribution in [-0.4, -0.2) is 11.8 Å². The van der Waals surface area contributed by atoms with Crippen molar-refractivity contribution >= 4 is 21.7 Å². The summed E-state index contributed by atoms with van der Waals surface area (Å²) < 4.78 is 11.1. The Morgan fingerprint density at radius 3 is 2.79 bits per heavy atom. The van der Waals surface area contributed by atoms with Gasteiger partial charge in [0.2, 0.25) is 6.79 Å². The van der Waals surface area contributed by atoms with E-state index in [1.165, 1.54) is 33.7 Å². The number of pyridine rings is 1. The second kappa shape index (κ2) is 5.96. The fourth-order valence-electron chi connectivity index (χ4n) is 4.77. The Hall–Kier alpha value is -3.07. The molecule has 138 valence electrons. The van der Waals surface area contributed by atoms with Crippen LogP contribution in [0, 0.1) is 5.92 Å². The van der Waals surface area contributed by atoms with Crippen molar-refractivity contribution in [3.63, 3.8) is 0 Å². The molecule has 0 radical (unpaired) electrons. The highest BCUT2D eigenvalue weighted by Crippen LogP contribution is 2.42. The van der Waals surface area contributed by atoms with Crippen molar-refractivity contribution in [2.24, 2.45) is 5.92 Å². The van der Waals surface area contributed by atoms with Crippen LogP contribution in [0.25, 0.3) is 32.9 Å². The minimum atomic E-state index is 0.297. The number of hydrogen-bond acceptors (Lipinski definition) is 3. The van der Waals surface area contributed by atoms with E-state index in [9.17, 15) is 0 Å². The maximum Gasteiger partial charge on any atom is 0.231 e. The molecule has 0 unspecified atom stereocenters. The number of fused-ring (bicyclic) bond motifs is 6. The number of aryl methyl sites for hydroxylation is 1. The summed E-state index contributed by atoms with van der Waals surface area (Å²) in [4.78, 5) is 5.17. The van der Waals surface area contributed by atoms with Gasteiger partial charge in [-0.2, -0.15) is 0 Å². The topological polar surface area (TPSA) is 31.4 Å². The van der Waals surface area contributed by atoms with Gasteiger partial charge in [0.1, 0.15) is 0 Å². The van der Waals surface area contributed by atoms with E-state index in [1.54, 1.807) is 0 Å². The minimum Gasteiger partial charge on any atom is -0.454 e. The van der Waals surface area contributed by atoms with Crippen molar-refractivity contribution in [1.82, 2.24) is 4.98 Å². The van der Waals surface area contributed by atoms with Gasteiger partial charge in [0.15, 0.2) is 11.5 Å². The lowest BCUT2D eigenvalue weighted by molar-refractivity contribution is 0.174. The zero-order chi connectivity index (χ0) is 18.7. The molecule has 0 bridgehead atoms. The molecular formula is C25H21NO2. The fourth-order valence-corrected chi connectivity index (χ4v) is 4.77. The van der Waals surface area contributed by atoms with Crippen LogP contribution in [-0.2, 0) is 12.8 Å². The zero-order valence-electron chi connectivity index (χ0n) is 15.9. The van der Waals surface area contributed by atoms with Gasteiger partial charge in [-0.1, -0.05) is 37.3 Å². The third-order valence-corrected chi connectivity index (χ3v) is 6.18. The van der Waals surface area contributed by atoms with Crippen molar-refractivity contribution in [3.8, 4) is 22.8 Å². The molecule has 0 N–H and O–H groups in total. The van der Waals surface area contributed by atoms with E-state index in [4.69, 9.17) is 14.5 Å². The second-order valence-corrected chi connectivity index (χ2v) is 8.01. The first-order valence-electron chi connectivity index (χ1n) is 10.0. The lowest BCUT2D eigenvalue weighted by atomic mass is 9.80. The molecule has 1 aliphatic carbocycles. The Balaban J connectivity index is 1.68. The number of benzene rings is 3. The molecule has 6 rings (SSSR count). The Kier molecular flexibility index (Phi) is 3.39. The van der Waals surface area contributed by atoms with Crippen molar-refractivity contribution < 1.29 is 9.47 Å². The molecule has 0 spiro atoms. The lowest BCUT2D eigenvalue weighted by Gasteiger charge is -2.26. The van der Waals surface area contributed by atoms with Gasteiger partial charge in [0.05, 0.1) is 11.2 Å². The molecule has 28 heavy (non-hydrogen) atoms. The first-order valence-corrected chi connectivity index (χ1v) is 10.0. The van der Waals surface area contributed by atoms with E-state index in [-0.39, 0.29) is 0 Å². The minimum absolute atomic E-state index is 0.297. The predicted molar refractivity (Wildman–Crippen MR) is 112 cm³/mol. The molecule has 3 nitrogen and oxygen atoms in total. The summed E-state index contributed by atoms with van der Waals surface area (Å²) >= 11 is 0. The van der Waals surface area contributed by atoms with Gasteiger partial charge in [-0.25, -0.2) is 4.98 Å². The predicted octanol–water partition coefficient (Wildman–Crippen LogP) is 5.91. The number of ether oxygens (including phenoxy) is 2. The number of aromatic nitrogens is 1. The van der Waals surface area contributed by atoms with Crippen molar-refractivity contribution in [2.45, 2.75) is 26.2 Å². The van der Waals surface area contributed by atoms with Crippen LogP contribution in [0.4, 0.5) is 0 Å². The first-order chi connectivity index (χ1) is 13.8. The third kappa shape index (κ3) is 2.32. The highest BCUT2D eigenvalue weighted by Gasteiger charge is 2.25. The summed E-state index contributed by atoms with van der Waals surface area (Å²) in [5.41, 5.74) is 6.18. The summed E-state index contributed by atoms with van der Waals surface area (Å²) in [6.45, 7) is 2.64. The van der Waals surface area contributed by atoms with Crippen LogP contribution in [0.2, 0.25) is 0 Å². The summed E-state index contributed by atoms with van der Waals surface area (Å²) in [5.74, 6) is 2.31. The van der Waals surface area contributed by atoms with E-state index in [0.717, 1.165) is 41.1 Å². The quantitative estimate of drug-likeness (QED) is 0.392. The Morgan fingerprint density at radius 1 is 0.929 bits per heavy atom. The van der Waals surface area contributed by atoms with Gasteiger partial charge in [-0.15, -0.1) is 0 Å². The van der Waals surface area contributed by atoms with Crippen LogP contribution < -0.4 is 9.47 Å². The van der Waals surface area contributed by atoms with Crippen molar-refractivity contribution in [3.05, 3.63) is 65.7 Å². The molecule has 1 atom stereocenters. The SMILES string of the molecule is C[C@H]1CCc2c(c(-c3ccc4c(c3)OCO4)nc3ccc4ccccc4c23)C1. The molecule has 0 saturated carbocycles. The Bertz CT molecular complexity index is 1240. The normalized spacial score (nSPS) is 17.8. The number of hydrogen-bond donors (Lipinski definition) is 0. The fraction of sp³-hybridized carbons (Fsp3) is 0.240. The highest BCUT2D eigenvalue weighted by atomic mass is 16.7. The highest BCUT2D eigenvalue weighted by molar-refractivity contribution is 6.09. The molecule has 4 aromatic rings. The van der Waals surface area contributed by atoms with Crippen molar-refractivity contribution in [2.75, 3.05) is 6.79 Å². The molecular weight excluding hydrogens is 346 g/mol. The number of nitrogens with zero attached hydrogens (tertiary/aromatic N) is 1. The molecule has 1 aliphatic heterocycles. The van der Waals surface area contributed by atoms with Crippen LogP contribution in [0.1, 0.15) is 24.5 Å². The van der Waals surface area contributed by atoms with E-state index >= 15 is 0 Å². The molecule has 1 aromatic heterocycles. The largest absolute Gasteiger partial charge is 0.454 e. The molecule has 2 aliphatic rings. The lowest BCUT2D eigenvalue weighted by Crippen LogP contribution is -2.14. The van der Waals surface area contributed by atoms with Crippen molar-refractivity contribution in [1.29, 1.82) is 0 Å². The molecule has 2 heterocycles. The molecule has 0 fully saturated rings. The molecule has 0 amide bonds. The van der Waals surface area contributed by atoms with E-state index in [2.05, 4.69) is 55.5 Å². The molecule has 3 heteroatoms. The van der Waals surface area contributed by atoms with Gasteiger partial charge < -0.3 is 9.47 Å². The summed E-state index contributed by atoms with van der Waals surface area (Å²) in [5, 5.41) is 3.94. The summed E-state index contributed by atoms with van der Waals surface area (Å²) in [6, 6.07) is 19.2. The number of rotatable bonds is 1. The zero-order valence-corrected chi connectivity index (χ0v) is 15.9. The van der Waals surface area contributed by atoms with Gasteiger partial charge in [0.25, 0.3) is 0 Å². The Morgan fingerprint density at radius 2 is 1.82 bits per heavy atom.